The normalized spacial score (nSPS) is 11.9. The standard InChI is InChI=1S/C23H21F3N6O2/c24-23(25,26)18-7-4-17(5-8-18)6-10-21-28-20(15-33-21)16-34-22-11-9-19(29-30-22)3-1-2-13-32-14-12-27-31-32/h4-12,14-15H,1-3,13,16H2/b10-6+. The van der Waals surface area contributed by atoms with Gasteiger partial charge in [-0.2, -0.15) is 18.3 Å². The third-order valence-electron chi connectivity index (χ3n) is 4.83. The van der Waals surface area contributed by atoms with Gasteiger partial charge < -0.3 is 9.15 Å². The number of aromatic nitrogens is 6. The van der Waals surface area contributed by atoms with E-state index in [-0.39, 0.29) is 6.61 Å². The van der Waals surface area contributed by atoms with Gasteiger partial charge in [-0.3, -0.25) is 4.68 Å². The van der Waals surface area contributed by atoms with Crippen molar-refractivity contribution in [1.82, 2.24) is 30.2 Å². The lowest BCUT2D eigenvalue weighted by molar-refractivity contribution is -0.137. The summed E-state index contributed by atoms with van der Waals surface area (Å²) < 4.78 is 50.6. The fraction of sp³-hybridized carbons (Fsp3) is 0.261. The lowest BCUT2D eigenvalue weighted by atomic mass is 10.1. The van der Waals surface area contributed by atoms with Crippen molar-refractivity contribution in [3.8, 4) is 5.88 Å². The number of ether oxygens (including phenoxy) is 1. The largest absolute Gasteiger partial charge is 0.470 e. The van der Waals surface area contributed by atoms with E-state index in [0.717, 1.165) is 43.6 Å². The Morgan fingerprint density at radius 1 is 0.971 bits per heavy atom. The van der Waals surface area contributed by atoms with Crippen LogP contribution in [-0.4, -0.2) is 30.2 Å². The van der Waals surface area contributed by atoms with Crippen LogP contribution < -0.4 is 4.74 Å². The maximum atomic E-state index is 12.6. The van der Waals surface area contributed by atoms with Crippen molar-refractivity contribution in [3.63, 3.8) is 0 Å². The van der Waals surface area contributed by atoms with Crippen LogP contribution in [0, 0.1) is 0 Å². The van der Waals surface area contributed by atoms with Gasteiger partial charge in [0.1, 0.15) is 18.6 Å². The van der Waals surface area contributed by atoms with Crippen molar-refractivity contribution in [2.75, 3.05) is 0 Å². The van der Waals surface area contributed by atoms with Crippen molar-refractivity contribution >= 4 is 12.2 Å². The second-order valence-corrected chi connectivity index (χ2v) is 7.40. The topological polar surface area (TPSA) is 91.8 Å². The van der Waals surface area contributed by atoms with Gasteiger partial charge in [-0.05, 0) is 49.1 Å². The molecule has 8 nitrogen and oxygen atoms in total. The Kier molecular flexibility index (Phi) is 7.31. The molecule has 0 fully saturated rings. The van der Waals surface area contributed by atoms with Crippen LogP contribution in [0.4, 0.5) is 13.2 Å². The second kappa shape index (κ2) is 10.7. The molecule has 4 aromatic rings. The van der Waals surface area contributed by atoms with Crippen molar-refractivity contribution in [2.45, 2.75) is 38.6 Å². The highest BCUT2D eigenvalue weighted by Gasteiger charge is 2.29. The molecule has 3 aromatic heterocycles. The molecule has 0 aliphatic heterocycles. The number of rotatable bonds is 10. The molecule has 0 aliphatic rings. The molecule has 0 N–H and O–H groups in total. The van der Waals surface area contributed by atoms with E-state index in [0.29, 0.717) is 23.0 Å². The molecule has 0 atom stereocenters. The molecule has 4 rings (SSSR count). The smallest absolute Gasteiger partial charge is 0.416 e. The van der Waals surface area contributed by atoms with Crippen molar-refractivity contribution in [1.29, 1.82) is 0 Å². The monoisotopic (exact) mass is 470 g/mol. The maximum absolute atomic E-state index is 12.6. The van der Waals surface area contributed by atoms with Crippen LogP contribution in [0.2, 0.25) is 0 Å². The van der Waals surface area contributed by atoms with Gasteiger partial charge in [0.05, 0.1) is 17.5 Å². The summed E-state index contributed by atoms with van der Waals surface area (Å²) in [6, 6.07) is 8.45. The average molecular weight is 470 g/mol. The highest BCUT2D eigenvalue weighted by atomic mass is 19.4. The number of benzene rings is 1. The van der Waals surface area contributed by atoms with E-state index in [1.165, 1.54) is 18.4 Å². The average Bonchev–Trinajstić information content (AvgIpc) is 3.52. The Bertz CT molecular complexity index is 1190. The summed E-state index contributed by atoms with van der Waals surface area (Å²) in [6.07, 6.45) is 6.49. The van der Waals surface area contributed by atoms with E-state index in [9.17, 15) is 13.2 Å². The molecule has 0 radical (unpaired) electrons. The third-order valence-corrected chi connectivity index (χ3v) is 4.83. The Balaban J connectivity index is 1.21. The van der Waals surface area contributed by atoms with Crippen molar-refractivity contribution in [2.24, 2.45) is 0 Å². The number of hydrogen-bond donors (Lipinski definition) is 0. The minimum atomic E-state index is -4.36. The van der Waals surface area contributed by atoms with Crippen molar-refractivity contribution < 1.29 is 22.3 Å². The fourth-order valence-electron chi connectivity index (χ4n) is 3.05. The van der Waals surface area contributed by atoms with Gasteiger partial charge in [0.2, 0.25) is 11.8 Å². The molecule has 0 bridgehead atoms. The van der Waals surface area contributed by atoms with E-state index >= 15 is 0 Å². The van der Waals surface area contributed by atoms with Gasteiger partial charge in [0.15, 0.2) is 0 Å². The molecule has 0 aliphatic carbocycles. The highest BCUT2D eigenvalue weighted by Crippen LogP contribution is 2.29. The van der Waals surface area contributed by atoms with Gasteiger partial charge in [0.25, 0.3) is 0 Å². The number of halogens is 3. The summed E-state index contributed by atoms with van der Waals surface area (Å²) in [4.78, 5) is 4.27. The first-order valence-corrected chi connectivity index (χ1v) is 10.5. The van der Waals surface area contributed by atoms with Crippen LogP contribution in [0.3, 0.4) is 0 Å². The van der Waals surface area contributed by atoms with Crippen LogP contribution in [0.15, 0.2) is 59.5 Å². The second-order valence-electron chi connectivity index (χ2n) is 7.40. The zero-order chi connectivity index (χ0) is 23.8. The molecular weight excluding hydrogens is 449 g/mol. The van der Waals surface area contributed by atoms with Gasteiger partial charge in [-0.25, -0.2) is 4.98 Å². The lowest BCUT2D eigenvalue weighted by Gasteiger charge is -2.05. The molecule has 1 aromatic carbocycles. The quantitative estimate of drug-likeness (QED) is 0.306. The number of nitrogens with zero attached hydrogens (tertiary/aromatic N) is 6. The molecule has 0 spiro atoms. The SMILES string of the molecule is FC(F)(F)c1ccc(/C=C/c2nc(COc3ccc(CCCCn4ccnn4)nn3)co2)cc1. The number of aryl methyl sites for hydroxylation is 2. The molecule has 0 amide bonds. The van der Waals surface area contributed by atoms with E-state index in [1.54, 1.807) is 29.1 Å². The molecule has 3 heterocycles. The minimum Gasteiger partial charge on any atom is -0.470 e. The highest BCUT2D eigenvalue weighted by molar-refractivity contribution is 5.66. The third kappa shape index (κ3) is 6.74. The Hall–Kier alpha value is -4.02. The van der Waals surface area contributed by atoms with Crippen LogP contribution >= 0.6 is 0 Å². The molecule has 176 valence electrons. The number of unbranched alkanes of at least 4 members (excludes halogenated alkanes) is 1. The van der Waals surface area contributed by atoms with E-state index < -0.39 is 11.7 Å². The molecule has 34 heavy (non-hydrogen) atoms. The first-order valence-electron chi connectivity index (χ1n) is 10.5. The number of alkyl halides is 3. The first kappa shape index (κ1) is 23.1. The van der Waals surface area contributed by atoms with Crippen LogP contribution in [0.25, 0.3) is 12.2 Å². The summed E-state index contributed by atoms with van der Waals surface area (Å²) in [7, 11) is 0. The van der Waals surface area contributed by atoms with Crippen molar-refractivity contribution in [3.05, 3.63) is 83.5 Å². The van der Waals surface area contributed by atoms with Crippen LogP contribution in [0.1, 0.15) is 41.2 Å². The number of hydrogen-bond acceptors (Lipinski definition) is 7. The summed E-state index contributed by atoms with van der Waals surface area (Å²) in [5.41, 5.74) is 1.33. The zero-order valence-corrected chi connectivity index (χ0v) is 18.0. The Morgan fingerprint density at radius 3 is 2.53 bits per heavy atom. The van der Waals surface area contributed by atoms with Gasteiger partial charge in [-0.1, -0.05) is 17.3 Å². The Morgan fingerprint density at radius 2 is 1.82 bits per heavy atom. The van der Waals surface area contributed by atoms with E-state index in [1.807, 2.05) is 12.3 Å². The molecule has 0 saturated heterocycles. The summed E-state index contributed by atoms with van der Waals surface area (Å²) in [6.45, 7) is 0.956. The van der Waals surface area contributed by atoms with Gasteiger partial charge in [0, 0.05) is 24.9 Å². The molecular formula is C23H21F3N6O2. The summed E-state index contributed by atoms with van der Waals surface area (Å²) in [5, 5.41) is 16.0. The molecule has 11 heteroatoms. The van der Waals surface area contributed by atoms with Gasteiger partial charge >= 0.3 is 6.18 Å². The summed E-state index contributed by atoms with van der Waals surface area (Å²) in [5.74, 6) is 0.682. The predicted octanol–water partition coefficient (Wildman–Crippen LogP) is 4.85. The zero-order valence-electron chi connectivity index (χ0n) is 18.0. The fourth-order valence-corrected chi connectivity index (χ4v) is 3.05. The van der Waals surface area contributed by atoms with E-state index in [2.05, 4.69) is 25.5 Å². The predicted molar refractivity (Wildman–Crippen MR) is 116 cm³/mol. The first-order chi connectivity index (χ1) is 16.5. The summed E-state index contributed by atoms with van der Waals surface area (Å²) >= 11 is 0. The lowest BCUT2D eigenvalue weighted by Crippen LogP contribution is -2.03. The maximum Gasteiger partial charge on any atom is 0.416 e. The van der Waals surface area contributed by atoms with Crippen LogP contribution in [-0.2, 0) is 25.7 Å². The Labute approximate surface area is 193 Å². The van der Waals surface area contributed by atoms with E-state index in [4.69, 9.17) is 9.15 Å². The minimum absolute atomic E-state index is 0.142. The number of oxazole rings is 1. The molecule has 0 saturated carbocycles. The van der Waals surface area contributed by atoms with Gasteiger partial charge in [-0.15, -0.1) is 10.2 Å². The molecule has 0 unspecified atom stereocenters. The van der Waals surface area contributed by atoms with Crippen LogP contribution in [0.5, 0.6) is 5.88 Å².